The molecule has 2 rings (SSSR count). The number of hydrogen-bond donors (Lipinski definition) is 1. The van der Waals surface area contributed by atoms with Crippen LogP contribution < -0.4 is 5.32 Å². The zero-order valence-electron chi connectivity index (χ0n) is 13.0. The summed E-state index contributed by atoms with van der Waals surface area (Å²) in [7, 11) is 0. The maximum absolute atomic E-state index is 12.0. The lowest BCUT2D eigenvalue weighted by atomic mass is 10.2. The number of ether oxygens (including phenoxy) is 1. The molecule has 0 unspecified atom stereocenters. The smallest absolute Gasteiger partial charge is 0.338 e. The van der Waals surface area contributed by atoms with Crippen molar-refractivity contribution in [3.05, 3.63) is 63.2 Å². The quantitative estimate of drug-likeness (QED) is 0.354. The highest BCUT2D eigenvalue weighted by atomic mass is 35.5. The summed E-state index contributed by atoms with van der Waals surface area (Å²) in [6.45, 7) is -0.514. The Morgan fingerprint density at radius 3 is 2.52 bits per heavy atom. The van der Waals surface area contributed by atoms with Crippen LogP contribution in [0, 0.1) is 10.1 Å². The molecule has 2 aromatic carbocycles. The highest BCUT2D eigenvalue weighted by Crippen LogP contribution is 2.28. The summed E-state index contributed by atoms with van der Waals surface area (Å²) in [5.41, 5.74) is 0.321. The Morgan fingerprint density at radius 2 is 1.92 bits per heavy atom. The van der Waals surface area contributed by atoms with Gasteiger partial charge in [-0.1, -0.05) is 11.6 Å². The van der Waals surface area contributed by atoms with E-state index in [4.69, 9.17) is 16.3 Å². The zero-order chi connectivity index (χ0) is 18.4. The van der Waals surface area contributed by atoms with Crippen molar-refractivity contribution in [2.45, 2.75) is 4.90 Å². The Hall–Kier alpha value is -2.58. The number of nitro benzene ring substituents is 1. The van der Waals surface area contributed by atoms with Crippen LogP contribution in [0.3, 0.4) is 0 Å². The lowest BCUT2D eigenvalue weighted by Gasteiger charge is -2.07. The first kappa shape index (κ1) is 18.8. The van der Waals surface area contributed by atoms with E-state index in [1.807, 2.05) is 0 Å². The highest BCUT2D eigenvalue weighted by Gasteiger charge is 2.18. The third kappa shape index (κ3) is 5.20. The van der Waals surface area contributed by atoms with Crippen molar-refractivity contribution in [1.29, 1.82) is 0 Å². The Morgan fingerprint density at radius 1 is 1.24 bits per heavy atom. The minimum Gasteiger partial charge on any atom is -0.452 e. The minimum atomic E-state index is -0.818. The third-order valence-electron chi connectivity index (χ3n) is 3.07. The van der Waals surface area contributed by atoms with E-state index < -0.39 is 23.4 Å². The summed E-state index contributed by atoms with van der Waals surface area (Å²) in [5, 5.41) is 14.1. The molecule has 0 fully saturated rings. The van der Waals surface area contributed by atoms with E-state index in [9.17, 15) is 19.7 Å². The fourth-order valence-corrected chi connectivity index (χ4v) is 2.58. The molecular weight excluding hydrogens is 368 g/mol. The lowest BCUT2D eigenvalue weighted by molar-refractivity contribution is -0.387. The van der Waals surface area contributed by atoms with Crippen LogP contribution in [-0.4, -0.2) is 29.7 Å². The van der Waals surface area contributed by atoms with E-state index in [-0.39, 0.29) is 11.3 Å². The van der Waals surface area contributed by atoms with Gasteiger partial charge in [0.25, 0.3) is 11.6 Å². The molecule has 130 valence electrons. The second-order valence-electron chi connectivity index (χ2n) is 4.77. The molecule has 0 aromatic heterocycles. The van der Waals surface area contributed by atoms with Gasteiger partial charge in [-0.05, 0) is 42.7 Å². The highest BCUT2D eigenvalue weighted by molar-refractivity contribution is 7.98. The van der Waals surface area contributed by atoms with Crippen LogP contribution in [0.25, 0.3) is 0 Å². The van der Waals surface area contributed by atoms with Gasteiger partial charge in [-0.3, -0.25) is 14.9 Å². The van der Waals surface area contributed by atoms with E-state index in [0.29, 0.717) is 15.6 Å². The molecule has 0 bridgehead atoms. The molecule has 1 amide bonds. The number of esters is 1. The van der Waals surface area contributed by atoms with Crippen molar-refractivity contribution in [3.63, 3.8) is 0 Å². The predicted molar refractivity (Wildman–Crippen MR) is 95.2 cm³/mol. The second kappa shape index (κ2) is 8.50. The van der Waals surface area contributed by atoms with Gasteiger partial charge >= 0.3 is 5.97 Å². The lowest BCUT2D eigenvalue weighted by Crippen LogP contribution is -2.21. The third-order valence-corrected chi connectivity index (χ3v) is 4.11. The maximum atomic E-state index is 12.0. The number of amides is 1. The summed E-state index contributed by atoms with van der Waals surface area (Å²) in [4.78, 5) is 34.6. The van der Waals surface area contributed by atoms with Crippen molar-refractivity contribution in [3.8, 4) is 0 Å². The molecule has 0 saturated heterocycles. The molecule has 0 spiro atoms. The zero-order valence-corrected chi connectivity index (χ0v) is 14.6. The number of carbonyl (C=O) groups excluding carboxylic acids is 2. The summed E-state index contributed by atoms with van der Waals surface area (Å²) in [5.74, 6) is -1.35. The molecule has 0 aliphatic rings. The standard InChI is InChI=1S/C16H13ClN2O5S/c1-25-14-7-2-10(8-13(14)19(22)23)16(21)24-9-15(20)18-12-5-3-11(17)4-6-12/h2-8H,9H2,1H3,(H,18,20). The van der Waals surface area contributed by atoms with Crippen LogP contribution in [0.15, 0.2) is 47.4 Å². The molecular formula is C16H13ClN2O5S. The monoisotopic (exact) mass is 380 g/mol. The van der Waals surface area contributed by atoms with E-state index in [1.54, 1.807) is 30.5 Å². The summed E-state index contributed by atoms with van der Waals surface area (Å²) < 4.78 is 4.89. The number of carbonyl (C=O) groups is 2. The van der Waals surface area contributed by atoms with Crippen molar-refractivity contribution in [2.24, 2.45) is 0 Å². The first-order valence-electron chi connectivity index (χ1n) is 6.95. The van der Waals surface area contributed by atoms with E-state index in [0.717, 1.165) is 6.07 Å². The number of nitrogens with one attached hydrogen (secondary N) is 1. The second-order valence-corrected chi connectivity index (χ2v) is 6.06. The maximum Gasteiger partial charge on any atom is 0.338 e. The molecule has 2 aromatic rings. The first-order chi connectivity index (χ1) is 11.9. The van der Waals surface area contributed by atoms with Crippen molar-refractivity contribution in [2.75, 3.05) is 18.2 Å². The number of anilines is 1. The van der Waals surface area contributed by atoms with Crippen LogP contribution in [0.2, 0.25) is 5.02 Å². The van der Waals surface area contributed by atoms with Gasteiger partial charge in [0.2, 0.25) is 0 Å². The number of thioether (sulfide) groups is 1. The molecule has 0 aliphatic carbocycles. The van der Waals surface area contributed by atoms with Gasteiger partial charge in [0.15, 0.2) is 6.61 Å². The number of hydrogen-bond acceptors (Lipinski definition) is 6. The van der Waals surface area contributed by atoms with E-state index in [1.165, 1.54) is 23.9 Å². The van der Waals surface area contributed by atoms with Crippen LogP contribution in [0.4, 0.5) is 11.4 Å². The summed E-state index contributed by atoms with van der Waals surface area (Å²) >= 11 is 6.94. The largest absolute Gasteiger partial charge is 0.452 e. The van der Waals surface area contributed by atoms with Crippen molar-refractivity contribution in [1.82, 2.24) is 0 Å². The van der Waals surface area contributed by atoms with Crippen molar-refractivity contribution < 1.29 is 19.2 Å². The van der Waals surface area contributed by atoms with Gasteiger partial charge in [0.05, 0.1) is 15.4 Å². The van der Waals surface area contributed by atoms with Gasteiger partial charge in [0, 0.05) is 16.8 Å². The van der Waals surface area contributed by atoms with Gasteiger partial charge in [-0.2, -0.15) is 0 Å². The molecule has 7 nitrogen and oxygen atoms in total. The Kier molecular flexibility index (Phi) is 6.37. The first-order valence-corrected chi connectivity index (χ1v) is 8.56. The summed E-state index contributed by atoms with van der Waals surface area (Å²) in [6.07, 6.45) is 1.70. The molecule has 25 heavy (non-hydrogen) atoms. The van der Waals surface area contributed by atoms with Crippen molar-refractivity contribution >= 4 is 46.6 Å². The molecule has 0 atom stereocenters. The number of nitro groups is 1. The average molecular weight is 381 g/mol. The fourth-order valence-electron chi connectivity index (χ4n) is 1.90. The number of nitrogens with zero attached hydrogens (tertiary/aromatic N) is 1. The van der Waals surface area contributed by atoms with Gasteiger partial charge in [-0.25, -0.2) is 4.79 Å². The number of rotatable bonds is 6. The normalized spacial score (nSPS) is 10.2. The number of benzene rings is 2. The van der Waals surface area contributed by atoms with Crippen LogP contribution >= 0.6 is 23.4 Å². The van der Waals surface area contributed by atoms with Gasteiger partial charge in [-0.15, -0.1) is 11.8 Å². The van der Waals surface area contributed by atoms with Crippen LogP contribution in [0.1, 0.15) is 10.4 Å². The predicted octanol–water partition coefficient (Wildman–Crippen LogP) is 3.77. The Bertz CT molecular complexity index is 811. The van der Waals surface area contributed by atoms with E-state index in [2.05, 4.69) is 5.32 Å². The Labute approximate surface area is 152 Å². The molecule has 0 saturated carbocycles. The number of halogens is 1. The van der Waals surface area contributed by atoms with Gasteiger partial charge < -0.3 is 10.1 Å². The molecule has 0 heterocycles. The molecule has 9 heteroatoms. The molecule has 0 aliphatic heterocycles. The molecule has 1 N–H and O–H groups in total. The van der Waals surface area contributed by atoms with E-state index >= 15 is 0 Å². The molecule has 0 radical (unpaired) electrons. The average Bonchev–Trinajstić information content (AvgIpc) is 2.61. The van der Waals surface area contributed by atoms with Crippen LogP contribution in [-0.2, 0) is 9.53 Å². The SMILES string of the molecule is CSc1ccc(C(=O)OCC(=O)Nc2ccc(Cl)cc2)cc1[N+](=O)[O-]. The topological polar surface area (TPSA) is 98.5 Å². The fraction of sp³-hybridized carbons (Fsp3) is 0.125. The Balaban J connectivity index is 1.97. The minimum absolute atomic E-state index is 0.00351. The van der Waals surface area contributed by atoms with Crippen LogP contribution in [0.5, 0.6) is 0 Å². The summed E-state index contributed by atoms with van der Waals surface area (Å²) in [6, 6.07) is 10.4. The van der Waals surface area contributed by atoms with Gasteiger partial charge in [0.1, 0.15) is 0 Å².